The largest absolute Gasteiger partial charge is 1.00 e. The van der Waals surface area contributed by atoms with Crippen molar-refractivity contribution in [3.8, 4) is 0 Å². The van der Waals surface area contributed by atoms with Crippen molar-refractivity contribution in [2.45, 2.75) is 12.5 Å². The van der Waals surface area contributed by atoms with E-state index in [1.54, 1.807) is 6.20 Å². The fourth-order valence-electron chi connectivity index (χ4n) is 1.75. The van der Waals surface area contributed by atoms with E-state index in [0.717, 1.165) is 16.5 Å². The fraction of sp³-hybridized carbons (Fsp3) is 0.182. The number of nitrogens with one attached hydrogen (secondary N) is 1. The second-order valence-corrected chi connectivity index (χ2v) is 4.35. The smallest absolute Gasteiger partial charge is 0.740 e. The minimum atomic E-state index is -2.88. The zero-order valence-electron chi connectivity index (χ0n) is 10.3. The average molecular weight is 290 g/mol. The van der Waals surface area contributed by atoms with Crippen LogP contribution >= 0.6 is 0 Å². The van der Waals surface area contributed by atoms with E-state index in [-0.39, 0.29) is 36.0 Å². The first-order valence-electron chi connectivity index (χ1n) is 5.20. The monoisotopic (exact) mass is 290 g/mol. The summed E-state index contributed by atoms with van der Waals surface area (Å²) in [5.41, 5.74) is 7.36. The maximum atomic E-state index is 11.3. The molecule has 0 amide bonds. The molecule has 0 aliphatic heterocycles. The molecule has 19 heavy (non-hydrogen) atoms. The minimum Gasteiger partial charge on any atom is -0.740 e. The van der Waals surface area contributed by atoms with E-state index in [1.807, 2.05) is 24.3 Å². The Labute approximate surface area is 134 Å². The summed E-state index contributed by atoms with van der Waals surface area (Å²) in [6.45, 7) is 0. The molecule has 6 nitrogen and oxygen atoms in total. The van der Waals surface area contributed by atoms with E-state index in [2.05, 4.69) is 9.17 Å². The van der Waals surface area contributed by atoms with E-state index in [9.17, 15) is 13.6 Å². The standard InChI is InChI=1S/C11H12N2O4S.Na/c12-9(11(14)17-18(15)16)5-7-6-13-10-4-2-1-3-8(7)10;/h1-4,6,9,13H,5,12H2,(H,15,16);/q;+1/p-1/t9-;/m0./s1. The molecule has 0 saturated heterocycles. The average Bonchev–Trinajstić information content (AvgIpc) is 2.72. The summed E-state index contributed by atoms with van der Waals surface area (Å²) in [7, 11) is 0. The van der Waals surface area contributed by atoms with Crippen LogP contribution in [0.15, 0.2) is 30.5 Å². The normalized spacial score (nSPS) is 13.6. The van der Waals surface area contributed by atoms with Gasteiger partial charge in [-0.2, -0.15) is 0 Å². The molecule has 0 saturated carbocycles. The number of nitrogens with two attached hydrogens (primary N) is 1. The van der Waals surface area contributed by atoms with Crippen LogP contribution in [0.4, 0.5) is 0 Å². The fourth-order valence-corrected chi connectivity index (χ4v) is 2.01. The Morgan fingerprint density at radius 3 is 2.84 bits per heavy atom. The van der Waals surface area contributed by atoms with Crippen LogP contribution in [0.1, 0.15) is 5.56 Å². The second-order valence-electron chi connectivity index (χ2n) is 3.78. The second kappa shape index (κ2) is 7.18. The number of H-pyrrole nitrogens is 1. The minimum absolute atomic E-state index is 0. The molecule has 3 N–H and O–H groups in total. The zero-order valence-corrected chi connectivity index (χ0v) is 13.1. The van der Waals surface area contributed by atoms with Gasteiger partial charge in [-0.25, -0.2) is 9.00 Å². The first kappa shape index (κ1) is 16.4. The van der Waals surface area contributed by atoms with Gasteiger partial charge >= 0.3 is 35.5 Å². The summed E-state index contributed by atoms with van der Waals surface area (Å²) in [6.07, 6.45) is 1.95. The maximum Gasteiger partial charge on any atom is 1.00 e. The van der Waals surface area contributed by atoms with Crippen molar-refractivity contribution in [2.24, 2.45) is 5.73 Å². The number of aromatic nitrogens is 1. The molecule has 2 atom stereocenters. The molecule has 0 bridgehead atoms. The Balaban J connectivity index is 0.00000180. The summed E-state index contributed by atoms with van der Waals surface area (Å²) >= 11 is -2.88. The van der Waals surface area contributed by atoms with Crippen LogP contribution in [-0.4, -0.2) is 25.8 Å². The third-order valence-electron chi connectivity index (χ3n) is 2.57. The number of benzene rings is 1. The predicted molar refractivity (Wildman–Crippen MR) is 65.0 cm³/mol. The van der Waals surface area contributed by atoms with Gasteiger partial charge in [0, 0.05) is 23.5 Å². The molecule has 2 aromatic rings. The summed E-state index contributed by atoms with van der Waals surface area (Å²) < 4.78 is 24.5. The van der Waals surface area contributed by atoms with Gasteiger partial charge in [0.15, 0.2) is 0 Å². The molecule has 0 radical (unpaired) electrons. The number of carbonyl (C=O) groups is 1. The van der Waals surface area contributed by atoms with Crippen molar-refractivity contribution in [2.75, 3.05) is 0 Å². The third-order valence-corrected chi connectivity index (χ3v) is 2.87. The Morgan fingerprint density at radius 2 is 2.16 bits per heavy atom. The first-order valence-corrected chi connectivity index (χ1v) is 6.20. The van der Waals surface area contributed by atoms with Crippen molar-refractivity contribution in [1.29, 1.82) is 0 Å². The Morgan fingerprint density at radius 1 is 1.47 bits per heavy atom. The Kier molecular flexibility index (Phi) is 6.18. The summed E-state index contributed by atoms with van der Waals surface area (Å²) in [4.78, 5) is 14.3. The molecule has 0 aliphatic rings. The first-order chi connectivity index (χ1) is 8.58. The molecule has 1 heterocycles. The molecule has 0 fully saturated rings. The quantitative estimate of drug-likeness (QED) is 0.473. The maximum absolute atomic E-state index is 11.3. The van der Waals surface area contributed by atoms with Crippen LogP contribution in [0.3, 0.4) is 0 Å². The number of rotatable bonds is 4. The zero-order chi connectivity index (χ0) is 13.1. The molecule has 96 valence electrons. The Bertz CT molecular complexity index is 601. The van der Waals surface area contributed by atoms with Gasteiger partial charge in [-0.3, -0.25) is 0 Å². The van der Waals surface area contributed by atoms with Crippen molar-refractivity contribution < 1.29 is 47.3 Å². The van der Waals surface area contributed by atoms with Gasteiger partial charge in [0.05, 0.1) is 0 Å². The van der Waals surface area contributed by atoms with E-state index < -0.39 is 23.4 Å². The molecule has 2 rings (SSSR count). The van der Waals surface area contributed by atoms with Crippen molar-refractivity contribution in [1.82, 2.24) is 4.98 Å². The Hall–Kier alpha value is -0.700. The van der Waals surface area contributed by atoms with Gasteiger partial charge in [-0.05, 0) is 11.6 Å². The van der Waals surface area contributed by atoms with E-state index in [4.69, 9.17) is 5.73 Å². The number of aromatic amines is 1. The third kappa shape index (κ3) is 4.13. The van der Waals surface area contributed by atoms with Gasteiger partial charge in [0.2, 0.25) is 0 Å². The molecule has 1 unspecified atom stereocenters. The molecular formula is C11H11N2NaO4S. The van der Waals surface area contributed by atoms with Crippen LogP contribution in [0, 0.1) is 0 Å². The van der Waals surface area contributed by atoms with Crippen LogP contribution in [0.5, 0.6) is 0 Å². The van der Waals surface area contributed by atoms with Crippen molar-refractivity contribution in [3.05, 3.63) is 36.0 Å². The predicted octanol–water partition coefficient (Wildman–Crippen LogP) is -2.62. The summed E-state index contributed by atoms with van der Waals surface area (Å²) in [5, 5.41) is 0.948. The molecule has 1 aromatic carbocycles. The molecule has 0 aliphatic carbocycles. The van der Waals surface area contributed by atoms with Crippen LogP contribution < -0.4 is 35.3 Å². The van der Waals surface area contributed by atoms with Crippen LogP contribution in [-0.2, 0) is 26.8 Å². The number of hydrogen-bond acceptors (Lipinski definition) is 5. The van der Waals surface area contributed by atoms with Crippen LogP contribution in [0.25, 0.3) is 10.9 Å². The topological polar surface area (TPSA) is 108 Å². The van der Waals surface area contributed by atoms with E-state index in [0.29, 0.717) is 0 Å². The van der Waals surface area contributed by atoms with Gasteiger partial charge in [-0.1, -0.05) is 18.2 Å². The number of para-hydroxylation sites is 1. The van der Waals surface area contributed by atoms with Gasteiger partial charge in [-0.15, -0.1) is 0 Å². The number of hydrogen-bond donors (Lipinski definition) is 2. The van der Waals surface area contributed by atoms with E-state index in [1.165, 1.54) is 0 Å². The van der Waals surface area contributed by atoms with Crippen molar-refractivity contribution >= 4 is 28.2 Å². The number of carbonyl (C=O) groups excluding carboxylic acids is 1. The number of fused-ring (bicyclic) bond motifs is 1. The van der Waals surface area contributed by atoms with Gasteiger partial charge in [0.25, 0.3) is 0 Å². The van der Waals surface area contributed by atoms with E-state index >= 15 is 0 Å². The molecule has 0 spiro atoms. The van der Waals surface area contributed by atoms with Gasteiger partial charge in [0.1, 0.15) is 17.4 Å². The molecule has 8 heteroatoms. The summed E-state index contributed by atoms with van der Waals surface area (Å²) in [5.74, 6) is -0.964. The summed E-state index contributed by atoms with van der Waals surface area (Å²) in [6, 6.07) is 6.54. The van der Waals surface area contributed by atoms with Crippen LogP contribution in [0.2, 0.25) is 0 Å². The SMILES string of the molecule is N[C@@H](Cc1c[nH]c2ccccc12)C(=O)OS(=O)[O-].[Na+]. The molecule has 1 aromatic heterocycles. The van der Waals surface area contributed by atoms with Crippen molar-refractivity contribution in [3.63, 3.8) is 0 Å². The van der Waals surface area contributed by atoms with Gasteiger partial charge < -0.3 is 19.5 Å². The molecular weight excluding hydrogens is 279 g/mol.